The zero-order chi connectivity index (χ0) is 9.68. The second-order valence-corrected chi connectivity index (χ2v) is 2.60. The number of carbonyl (C=O) groups is 1. The molecular weight excluding hydrogens is 168 g/mol. The van der Waals surface area contributed by atoms with Crippen molar-refractivity contribution in [1.82, 2.24) is 0 Å². The lowest BCUT2D eigenvalue weighted by Gasteiger charge is -1.99. The zero-order valence-electron chi connectivity index (χ0n) is 7.74. The van der Waals surface area contributed by atoms with Crippen molar-refractivity contribution in [1.29, 1.82) is 0 Å². The lowest BCUT2D eigenvalue weighted by Crippen LogP contribution is -2.04. The van der Waals surface area contributed by atoms with Crippen LogP contribution in [0.5, 0.6) is 0 Å². The molecule has 0 unspecified atom stereocenters. The van der Waals surface area contributed by atoms with Crippen LogP contribution in [0.4, 0.5) is 0 Å². The summed E-state index contributed by atoms with van der Waals surface area (Å²) in [4.78, 5) is 11.1. The van der Waals surface area contributed by atoms with Gasteiger partial charge < -0.3 is 9.15 Å². The van der Waals surface area contributed by atoms with Crippen LogP contribution in [0, 0.1) is 0 Å². The van der Waals surface area contributed by atoms with Gasteiger partial charge >= 0.3 is 5.97 Å². The number of carbonyl (C=O) groups excluding carboxylic acids is 1. The summed E-state index contributed by atoms with van der Waals surface area (Å²) in [7, 11) is 0. The van der Waals surface area contributed by atoms with Crippen LogP contribution in [0.1, 0.15) is 19.4 Å². The fraction of sp³-hybridized carbons (Fsp3) is 0.300. The monoisotopic (exact) mass is 180 g/mol. The molecule has 0 saturated heterocycles. The van der Waals surface area contributed by atoms with E-state index in [1.165, 1.54) is 0 Å². The van der Waals surface area contributed by atoms with Crippen molar-refractivity contribution in [2.75, 3.05) is 6.61 Å². The van der Waals surface area contributed by atoms with Gasteiger partial charge in [-0.3, -0.25) is 0 Å². The number of esters is 1. The van der Waals surface area contributed by atoms with Crippen LogP contribution in [0.25, 0.3) is 6.08 Å². The Labute approximate surface area is 77.0 Å². The van der Waals surface area contributed by atoms with E-state index in [0.29, 0.717) is 12.2 Å². The molecule has 70 valence electrons. The molecule has 0 amide bonds. The van der Waals surface area contributed by atoms with Gasteiger partial charge in [-0.15, -0.1) is 0 Å². The molecule has 13 heavy (non-hydrogen) atoms. The SMILES string of the molecule is CCOC(=O)/C(C)=C/c1ccoc1. The summed E-state index contributed by atoms with van der Waals surface area (Å²) >= 11 is 0. The Balaban J connectivity index is 2.66. The molecule has 0 aromatic carbocycles. The number of hydrogen-bond donors (Lipinski definition) is 0. The van der Waals surface area contributed by atoms with Gasteiger partial charge in [0.15, 0.2) is 0 Å². The Hall–Kier alpha value is -1.51. The lowest BCUT2D eigenvalue weighted by atomic mass is 10.2. The largest absolute Gasteiger partial charge is 0.472 e. The smallest absolute Gasteiger partial charge is 0.333 e. The van der Waals surface area contributed by atoms with E-state index in [0.717, 1.165) is 5.56 Å². The highest BCUT2D eigenvalue weighted by molar-refractivity contribution is 5.92. The van der Waals surface area contributed by atoms with Gasteiger partial charge in [-0.05, 0) is 26.0 Å². The maximum atomic E-state index is 11.1. The van der Waals surface area contributed by atoms with Gasteiger partial charge in [-0.2, -0.15) is 0 Å². The predicted molar refractivity (Wildman–Crippen MR) is 49.0 cm³/mol. The van der Waals surface area contributed by atoms with Crippen molar-refractivity contribution in [3.8, 4) is 0 Å². The van der Waals surface area contributed by atoms with E-state index in [4.69, 9.17) is 9.15 Å². The third-order valence-electron chi connectivity index (χ3n) is 1.52. The molecule has 0 spiro atoms. The van der Waals surface area contributed by atoms with Crippen LogP contribution in [0.15, 0.2) is 28.6 Å². The molecule has 0 aliphatic rings. The third kappa shape index (κ3) is 2.78. The van der Waals surface area contributed by atoms with Crippen molar-refractivity contribution in [3.05, 3.63) is 29.7 Å². The Morgan fingerprint density at radius 1 is 1.69 bits per heavy atom. The van der Waals surface area contributed by atoms with Gasteiger partial charge in [0.05, 0.1) is 19.1 Å². The highest BCUT2D eigenvalue weighted by Crippen LogP contribution is 2.07. The summed E-state index contributed by atoms with van der Waals surface area (Å²) in [5.41, 5.74) is 1.44. The molecule has 1 heterocycles. The standard InChI is InChI=1S/C10H12O3/c1-3-13-10(11)8(2)6-9-4-5-12-7-9/h4-7H,3H2,1-2H3/b8-6+. The molecule has 1 rings (SSSR count). The Morgan fingerprint density at radius 3 is 3.00 bits per heavy atom. The van der Waals surface area contributed by atoms with E-state index in [1.54, 1.807) is 38.5 Å². The second kappa shape index (κ2) is 4.50. The van der Waals surface area contributed by atoms with Gasteiger partial charge in [0.25, 0.3) is 0 Å². The van der Waals surface area contributed by atoms with Gasteiger partial charge in [0, 0.05) is 11.1 Å². The molecule has 0 aliphatic heterocycles. The first kappa shape index (κ1) is 9.58. The van der Waals surface area contributed by atoms with Gasteiger partial charge in [0.2, 0.25) is 0 Å². The van der Waals surface area contributed by atoms with Crippen LogP contribution in [-0.2, 0) is 9.53 Å². The van der Waals surface area contributed by atoms with Gasteiger partial charge in [-0.25, -0.2) is 4.79 Å². The van der Waals surface area contributed by atoms with E-state index in [2.05, 4.69) is 0 Å². The molecule has 3 heteroatoms. The molecule has 1 aromatic heterocycles. The summed E-state index contributed by atoms with van der Waals surface area (Å²) in [5, 5.41) is 0. The van der Waals surface area contributed by atoms with Crippen LogP contribution in [-0.4, -0.2) is 12.6 Å². The fourth-order valence-electron chi connectivity index (χ4n) is 0.911. The minimum absolute atomic E-state index is 0.288. The molecular formula is C10H12O3. The zero-order valence-corrected chi connectivity index (χ0v) is 7.74. The lowest BCUT2D eigenvalue weighted by molar-refractivity contribution is -0.138. The first-order valence-electron chi connectivity index (χ1n) is 4.11. The van der Waals surface area contributed by atoms with Gasteiger partial charge in [0.1, 0.15) is 0 Å². The maximum absolute atomic E-state index is 11.1. The normalized spacial score (nSPS) is 11.4. The van der Waals surface area contributed by atoms with Gasteiger partial charge in [-0.1, -0.05) is 0 Å². The highest BCUT2D eigenvalue weighted by Gasteiger charge is 2.03. The number of furan rings is 1. The Kier molecular flexibility index (Phi) is 3.31. The van der Waals surface area contributed by atoms with E-state index in [1.807, 2.05) is 0 Å². The molecule has 0 saturated carbocycles. The van der Waals surface area contributed by atoms with E-state index in [-0.39, 0.29) is 5.97 Å². The van der Waals surface area contributed by atoms with Crippen molar-refractivity contribution >= 4 is 12.0 Å². The molecule has 1 aromatic rings. The van der Waals surface area contributed by atoms with Crippen molar-refractivity contribution in [2.45, 2.75) is 13.8 Å². The van der Waals surface area contributed by atoms with Crippen LogP contribution >= 0.6 is 0 Å². The third-order valence-corrected chi connectivity index (χ3v) is 1.52. The second-order valence-electron chi connectivity index (χ2n) is 2.60. The first-order valence-corrected chi connectivity index (χ1v) is 4.11. The average molecular weight is 180 g/mol. The van der Waals surface area contributed by atoms with Crippen molar-refractivity contribution in [3.63, 3.8) is 0 Å². The number of hydrogen-bond acceptors (Lipinski definition) is 3. The molecule has 3 nitrogen and oxygen atoms in total. The van der Waals surface area contributed by atoms with Crippen LogP contribution < -0.4 is 0 Å². The number of ether oxygens (including phenoxy) is 1. The Morgan fingerprint density at radius 2 is 2.46 bits per heavy atom. The summed E-state index contributed by atoms with van der Waals surface area (Å²) < 4.78 is 9.67. The van der Waals surface area contributed by atoms with Crippen LogP contribution in [0.3, 0.4) is 0 Å². The molecule has 0 bridgehead atoms. The molecule has 0 atom stereocenters. The van der Waals surface area contributed by atoms with E-state index < -0.39 is 0 Å². The summed E-state index contributed by atoms with van der Waals surface area (Å²) in [5.74, 6) is -0.288. The highest BCUT2D eigenvalue weighted by atomic mass is 16.5. The topological polar surface area (TPSA) is 39.4 Å². The quantitative estimate of drug-likeness (QED) is 0.529. The molecule has 0 N–H and O–H groups in total. The Bertz CT molecular complexity index is 296. The van der Waals surface area contributed by atoms with E-state index >= 15 is 0 Å². The number of rotatable bonds is 3. The van der Waals surface area contributed by atoms with E-state index in [9.17, 15) is 4.79 Å². The van der Waals surface area contributed by atoms with Crippen molar-refractivity contribution < 1.29 is 13.9 Å². The van der Waals surface area contributed by atoms with Crippen molar-refractivity contribution in [2.24, 2.45) is 0 Å². The molecule has 0 fully saturated rings. The summed E-state index contributed by atoms with van der Waals surface area (Å²) in [6, 6.07) is 1.78. The summed E-state index contributed by atoms with van der Waals surface area (Å²) in [6.07, 6.45) is 4.86. The molecule has 0 radical (unpaired) electrons. The fourth-order valence-corrected chi connectivity index (χ4v) is 0.911. The maximum Gasteiger partial charge on any atom is 0.333 e. The predicted octanol–water partition coefficient (Wildman–Crippen LogP) is 2.25. The average Bonchev–Trinajstić information content (AvgIpc) is 2.57. The summed E-state index contributed by atoms with van der Waals surface area (Å²) in [6.45, 7) is 3.89. The minimum atomic E-state index is -0.288. The first-order chi connectivity index (χ1) is 6.24. The molecule has 0 aliphatic carbocycles. The minimum Gasteiger partial charge on any atom is -0.472 e. The van der Waals surface area contributed by atoms with Crippen LogP contribution in [0.2, 0.25) is 0 Å².